The Bertz CT molecular complexity index is 445. The fourth-order valence-corrected chi connectivity index (χ4v) is 1.12. The van der Waals surface area contributed by atoms with Gasteiger partial charge in [0.25, 0.3) is 0 Å². The van der Waals surface area contributed by atoms with Gasteiger partial charge in [-0.3, -0.25) is 4.79 Å². The van der Waals surface area contributed by atoms with Crippen molar-refractivity contribution >= 4 is 17.8 Å². The Morgan fingerprint density at radius 2 is 1.94 bits per heavy atom. The average Bonchev–Trinajstić information content (AvgIpc) is 2.34. The van der Waals surface area contributed by atoms with E-state index in [1.54, 1.807) is 24.3 Å². The van der Waals surface area contributed by atoms with Gasteiger partial charge in [0.2, 0.25) is 0 Å². The van der Waals surface area contributed by atoms with Crippen LogP contribution in [0.2, 0.25) is 0 Å². The van der Waals surface area contributed by atoms with Crippen LogP contribution < -0.4 is 4.74 Å². The van der Waals surface area contributed by atoms with E-state index in [4.69, 9.17) is 14.9 Å². The second-order valence-electron chi connectivity index (χ2n) is 3.67. The second-order valence-corrected chi connectivity index (χ2v) is 3.67. The van der Waals surface area contributed by atoms with Crippen molar-refractivity contribution < 1.29 is 24.5 Å². The molecule has 1 aromatic carbocycles. The zero-order valence-electron chi connectivity index (χ0n) is 9.87. The lowest BCUT2D eigenvalue weighted by Gasteiger charge is -2.06. The number of hydrogen-bond donors (Lipinski definition) is 2. The Hall–Kier alpha value is -2.14. The molecule has 0 radical (unpaired) electrons. The topological polar surface area (TPSA) is 83.8 Å². The summed E-state index contributed by atoms with van der Waals surface area (Å²) < 4.78 is 5.16. The zero-order valence-corrected chi connectivity index (χ0v) is 9.87. The number of ether oxygens (including phenoxy) is 1. The van der Waals surface area contributed by atoms with Gasteiger partial charge in [-0.25, -0.2) is 4.79 Å². The van der Waals surface area contributed by atoms with Gasteiger partial charge in [0.15, 0.2) is 5.78 Å². The number of carbonyl (C=O) groups excluding carboxylic acids is 1. The Morgan fingerprint density at radius 1 is 1.33 bits per heavy atom. The molecule has 1 aromatic rings. The Balaban J connectivity index is 2.55. The lowest BCUT2D eigenvalue weighted by Crippen LogP contribution is -2.23. The Morgan fingerprint density at radius 3 is 2.44 bits per heavy atom. The quantitative estimate of drug-likeness (QED) is 0.739. The number of benzene rings is 1. The van der Waals surface area contributed by atoms with Gasteiger partial charge in [-0.2, -0.15) is 0 Å². The smallest absolute Gasteiger partial charge is 0.328 e. The maximum Gasteiger partial charge on any atom is 0.328 e. The number of rotatable bonds is 6. The molecule has 0 aromatic heterocycles. The van der Waals surface area contributed by atoms with Crippen LogP contribution in [0.1, 0.15) is 12.5 Å². The van der Waals surface area contributed by atoms with Gasteiger partial charge in [-0.15, -0.1) is 0 Å². The van der Waals surface area contributed by atoms with E-state index in [1.165, 1.54) is 13.0 Å². The molecule has 0 bridgehead atoms. The molecule has 96 valence electrons. The number of carboxylic acids is 1. The van der Waals surface area contributed by atoms with Crippen LogP contribution in [-0.2, 0) is 9.59 Å². The molecule has 2 N–H and O–H groups in total. The van der Waals surface area contributed by atoms with Crippen molar-refractivity contribution in [3.8, 4) is 5.75 Å². The molecular weight excluding hydrogens is 236 g/mol. The van der Waals surface area contributed by atoms with Crippen LogP contribution in [0.15, 0.2) is 30.3 Å². The SMILES string of the molecule is CC(O)C(=O)COc1ccc(C=CC(=O)O)cc1. The van der Waals surface area contributed by atoms with E-state index in [0.717, 1.165) is 6.08 Å². The van der Waals surface area contributed by atoms with E-state index in [2.05, 4.69) is 0 Å². The van der Waals surface area contributed by atoms with Gasteiger partial charge in [-0.1, -0.05) is 12.1 Å². The summed E-state index contributed by atoms with van der Waals surface area (Å²) in [6.45, 7) is 1.19. The van der Waals surface area contributed by atoms with Crippen molar-refractivity contribution in [2.24, 2.45) is 0 Å². The predicted molar refractivity (Wildman–Crippen MR) is 65.3 cm³/mol. The number of aliphatic hydroxyl groups excluding tert-OH is 1. The van der Waals surface area contributed by atoms with Crippen LogP contribution in [-0.4, -0.2) is 34.7 Å². The third kappa shape index (κ3) is 4.80. The first-order valence-corrected chi connectivity index (χ1v) is 5.33. The maximum absolute atomic E-state index is 11.1. The fourth-order valence-electron chi connectivity index (χ4n) is 1.12. The maximum atomic E-state index is 11.1. The van der Waals surface area contributed by atoms with E-state index in [0.29, 0.717) is 11.3 Å². The molecule has 0 fully saturated rings. The first-order chi connectivity index (χ1) is 8.49. The van der Waals surface area contributed by atoms with E-state index in [-0.39, 0.29) is 6.61 Å². The molecule has 0 amide bonds. The molecule has 0 heterocycles. The monoisotopic (exact) mass is 250 g/mol. The van der Waals surface area contributed by atoms with Crippen molar-refractivity contribution in [3.63, 3.8) is 0 Å². The number of carbonyl (C=O) groups is 2. The van der Waals surface area contributed by atoms with Crippen LogP contribution >= 0.6 is 0 Å². The van der Waals surface area contributed by atoms with E-state index in [9.17, 15) is 9.59 Å². The molecule has 0 saturated carbocycles. The van der Waals surface area contributed by atoms with Crippen LogP contribution in [0.3, 0.4) is 0 Å². The molecule has 0 aliphatic heterocycles. The molecule has 0 spiro atoms. The summed E-state index contributed by atoms with van der Waals surface area (Å²) in [4.78, 5) is 21.4. The van der Waals surface area contributed by atoms with Gasteiger partial charge in [0.05, 0.1) is 0 Å². The number of Topliss-reactive ketones (excluding diaryl/α,β-unsaturated/α-hetero) is 1. The lowest BCUT2D eigenvalue weighted by molar-refractivity contribution is -0.131. The standard InChI is InChI=1S/C13H14O5/c1-9(14)12(15)8-18-11-5-2-10(3-6-11)4-7-13(16)17/h2-7,9,14H,8H2,1H3,(H,16,17). The molecular formula is C13H14O5. The fraction of sp³-hybridized carbons (Fsp3) is 0.231. The van der Waals surface area contributed by atoms with Crippen LogP contribution in [0, 0.1) is 0 Å². The normalized spacial score (nSPS) is 12.3. The van der Waals surface area contributed by atoms with Gasteiger partial charge in [0, 0.05) is 6.08 Å². The first-order valence-electron chi connectivity index (χ1n) is 5.33. The van der Waals surface area contributed by atoms with Crippen molar-refractivity contribution in [1.29, 1.82) is 0 Å². The van der Waals surface area contributed by atoms with Crippen LogP contribution in [0.5, 0.6) is 5.75 Å². The highest BCUT2D eigenvalue weighted by Gasteiger charge is 2.09. The third-order valence-electron chi connectivity index (χ3n) is 2.15. The summed E-state index contributed by atoms with van der Waals surface area (Å²) in [5, 5.41) is 17.4. The number of aliphatic hydroxyl groups is 1. The van der Waals surface area contributed by atoms with E-state index in [1.807, 2.05) is 0 Å². The summed E-state index contributed by atoms with van der Waals surface area (Å²) in [6, 6.07) is 6.58. The largest absolute Gasteiger partial charge is 0.486 e. The molecule has 0 aliphatic carbocycles. The van der Waals surface area contributed by atoms with E-state index < -0.39 is 17.9 Å². The minimum Gasteiger partial charge on any atom is -0.486 e. The second kappa shape index (κ2) is 6.56. The third-order valence-corrected chi connectivity index (χ3v) is 2.15. The summed E-state index contributed by atoms with van der Waals surface area (Å²) in [7, 11) is 0. The van der Waals surface area contributed by atoms with Crippen LogP contribution in [0.4, 0.5) is 0 Å². The van der Waals surface area contributed by atoms with Gasteiger partial charge in [-0.05, 0) is 30.7 Å². The van der Waals surface area contributed by atoms with E-state index >= 15 is 0 Å². The zero-order chi connectivity index (χ0) is 13.5. The number of ketones is 1. The van der Waals surface area contributed by atoms with Gasteiger partial charge >= 0.3 is 5.97 Å². The molecule has 5 heteroatoms. The lowest BCUT2D eigenvalue weighted by atomic mass is 10.2. The summed E-state index contributed by atoms with van der Waals surface area (Å²) in [5.74, 6) is -0.931. The minimum atomic E-state index is -1.04. The molecule has 1 unspecified atom stereocenters. The van der Waals surface area contributed by atoms with Crippen molar-refractivity contribution in [3.05, 3.63) is 35.9 Å². The van der Waals surface area contributed by atoms with Crippen molar-refractivity contribution in [2.45, 2.75) is 13.0 Å². The predicted octanol–water partition coefficient (Wildman–Crippen LogP) is 1.11. The highest BCUT2D eigenvalue weighted by molar-refractivity contribution is 5.85. The molecule has 1 atom stereocenters. The van der Waals surface area contributed by atoms with Gasteiger partial charge in [0.1, 0.15) is 18.5 Å². The van der Waals surface area contributed by atoms with Crippen molar-refractivity contribution in [2.75, 3.05) is 6.61 Å². The number of hydrogen-bond acceptors (Lipinski definition) is 4. The van der Waals surface area contributed by atoms with Crippen LogP contribution in [0.25, 0.3) is 6.08 Å². The first kappa shape index (κ1) is 13.9. The van der Waals surface area contributed by atoms with Crippen molar-refractivity contribution in [1.82, 2.24) is 0 Å². The molecule has 18 heavy (non-hydrogen) atoms. The highest BCUT2D eigenvalue weighted by atomic mass is 16.5. The van der Waals surface area contributed by atoms with Gasteiger partial charge < -0.3 is 14.9 Å². The average molecular weight is 250 g/mol. The summed E-state index contributed by atoms with van der Waals surface area (Å²) in [6.07, 6.45) is 1.45. The highest BCUT2D eigenvalue weighted by Crippen LogP contribution is 2.13. The molecule has 5 nitrogen and oxygen atoms in total. The molecule has 1 rings (SSSR count). The molecule has 0 saturated heterocycles. The minimum absolute atomic E-state index is 0.192. The Kier molecular flexibility index (Phi) is 5.07. The number of aliphatic carboxylic acids is 1. The number of carboxylic acid groups (broad SMARTS) is 1. The molecule has 0 aliphatic rings. The summed E-state index contributed by atoms with van der Waals surface area (Å²) in [5.41, 5.74) is 0.714. The summed E-state index contributed by atoms with van der Waals surface area (Å²) >= 11 is 0. The Labute approximate surface area is 104 Å².